The number of ether oxygens (including phenoxy) is 2. The fraction of sp³-hybridized carbons (Fsp3) is 0.500. The quantitative estimate of drug-likeness (QED) is 0.700. The van der Waals surface area contributed by atoms with Crippen molar-refractivity contribution in [2.75, 3.05) is 39.3 Å². The Labute approximate surface area is 174 Å². The average molecular weight is 411 g/mol. The average Bonchev–Trinajstić information content (AvgIpc) is 3.32. The third-order valence-electron chi connectivity index (χ3n) is 6.46. The molecule has 8 nitrogen and oxygen atoms in total. The van der Waals surface area contributed by atoms with E-state index in [1.165, 1.54) is 0 Å². The van der Waals surface area contributed by atoms with Gasteiger partial charge in [0.05, 0.1) is 31.0 Å². The number of carbonyl (C=O) groups excluding carboxylic acids is 3. The number of likely N-dealkylation sites (tertiary alicyclic amines) is 1. The number of hydrogen-bond donors (Lipinski definition) is 1. The zero-order valence-electron chi connectivity index (χ0n) is 16.7. The predicted molar refractivity (Wildman–Crippen MR) is 106 cm³/mol. The Morgan fingerprint density at radius 3 is 2.90 bits per heavy atom. The molecule has 0 radical (unpaired) electrons. The Morgan fingerprint density at radius 1 is 1.23 bits per heavy atom. The summed E-state index contributed by atoms with van der Waals surface area (Å²) in [6.07, 6.45) is 3.78. The van der Waals surface area contributed by atoms with E-state index in [2.05, 4.69) is 5.32 Å². The Hall–Kier alpha value is -2.87. The molecule has 1 spiro atoms. The van der Waals surface area contributed by atoms with Crippen LogP contribution in [0.1, 0.15) is 6.42 Å². The maximum Gasteiger partial charge on any atom is 0.230 e. The van der Waals surface area contributed by atoms with E-state index < -0.39 is 17.4 Å². The summed E-state index contributed by atoms with van der Waals surface area (Å²) >= 11 is 0. The summed E-state index contributed by atoms with van der Waals surface area (Å²) in [5.41, 5.74) is -0.727. The van der Waals surface area contributed by atoms with Crippen LogP contribution in [0.2, 0.25) is 0 Å². The lowest BCUT2D eigenvalue weighted by molar-refractivity contribution is -0.143. The van der Waals surface area contributed by atoms with E-state index in [0.717, 1.165) is 5.75 Å². The molecular weight excluding hydrogens is 386 g/mol. The highest BCUT2D eigenvalue weighted by atomic mass is 16.5. The van der Waals surface area contributed by atoms with Crippen LogP contribution in [-0.2, 0) is 19.1 Å². The predicted octanol–water partition coefficient (Wildman–Crippen LogP) is 0.196. The second-order valence-corrected chi connectivity index (χ2v) is 8.25. The monoisotopic (exact) mass is 411 g/mol. The Kier molecular flexibility index (Phi) is 4.73. The number of fused-ring (bicyclic) bond motifs is 1. The largest absolute Gasteiger partial charge is 0.492 e. The number of para-hydroxylation sites is 1. The molecule has 0 saturated carbocycles. The molecule has 5 rings (SSSR count). The molecular formula is C22H25N3O5. The van der Waals surface area contributed by atoms with Crippen LogP contribution < -0.4 is 10.1 Å². The highest BCUT2D eigenvalue weighted by Crippen LogP contribution is 2.52. The first-order valence-electron chi connectivity index (χ1n) is 10.5. The second kappa shape index (κ2) is 7.43. The molecule has 2 bridgehead atoms. The summed E-state index contributed by atoms with van der Waals surface area (Å²) < 4.78 is 11.9. The van der Waals surface area contributed by atoms with E-state index in [0.29, 0.717) is 39.3 Å². The van der Waals surface area contributed by atoms with Gasteiger partial charge in [-0.15, -0.1) is 0 Å². The van der Waals surface area contributed by atoms with Crippen LogP contribution in [0, 0.1) is 11.8 Å². The lowest BCUT2D eigenvalue weighted by Gasteiger charge is -2.29. The number of nitrogens with one attached hydrogen (secondary N) is 1. The molecule has 8 heteroatoms. The molecule has 0 aliphatic carbocycles. The van der Waals surface area contributed by atoms with Crippen molar-refractivity contribution in [1.29, 1.82) is 0 Å². The minimum atomic E-state index is -0.727. The van der Waals surface area contributed by atoms with Gasteiger partial charge in [0.2, 0.25) is 17.7 Å². The van der Waals surface area contributed by atoms with Gasteiger partial charge in [0, 0.05) is 26.1 Å². The van der Waals surface area contributed by atoms with Gasteiger partial charge in [-0.05, 0) is 12.1 Å². The van der Waals surface area contributed by atoms with Crippen LogP contribution in [0.15, 0.2) is 42.5 Å². The van der Waals surface area contributed by atoms with Crippen molar-refractivity contribution in [2.24, 2.45) is 11.8 Å². The SMILES string of the molecule is O=C1CCN(C(=O)[C@@H]2[C@@H]3C=C[C@@]4(CN(CCOc5ccccc5)C(=O)[C@H]24)O3)CCN1. The zero-order chi connectivity index (χ0) is 20.7. The van der Waals surface area contributed by atoms with E-state index >= 15 is 0 Å². The minimum absolute atomic E-state index is 0.0487. The molecule has 0 aromatic heterocycles. The Morgan fingerprint density at radius 2 is 2.07 bits per heavy atom. The number of carbonyl (C=O) groups is 3. The maximum absolute atomic E-state index is 13.3. The number of benzene rings is 1. The summed E-state index contributed by atoms with van der Waals surface area (Å²) in [5.74, 6) is -0.479. The van der Waals surface area contributed by atoms with E-state index in [1.807, 2.05) is 42.5 Å². The molecule has 4 aliphatic rings. The third-order valence-corrected chi connectivity index (χ3v) is 6.46. The van der Waals surface area contributed by atoms with Crippen LogP contribution >= 0.6 is 0 Å². The standard InChI is InChI=1S/C22H25N3O5/c26-17-7-10-24(11-9-23-17)20(27)18-16-6-8-22(30-16)14-25(21(28)19(18)22)12-13-29-15-4-2-1-3-5-15/h1-6,8,16,18-19H,7,9-14H2,(H,23,26)/t16-,18+,19-,22-/m0/s1. The van der Waals surface area contributed by atoms with Crippen molar-refractivity contribution in [3.8, 4) is 5.75 Å². The van der Waals surface area contributed by atoms with Crippen molar-refractivity contribution >= 4 is 17.7 Å². The fourth-order valence-corrected chi connectivity index (χ4v) is 5.04. The molecule has 3 fully saturated rings. The molecule has 4 heterocycles. The molecule has 4 atom stereocenters. The first kappa shape index (κ1) is 19.1. The molecule has 0 unspecified atom stereocenters. The number of amides is 3. The number of rotatable bonds is 5. The van der Waals surface area contributed by atoms with Crippen molar-refractivity contribution in [3.63, 3.8) is 0 Å². The summed E-state index contributed by atoms with van der Waals surface area (Å²) in [6.45, 7) is 2.53. The van der Waals surface area contributed by atoms with Gasteiger partial charge in [0.1, 0.15) is 18.0 Å². The molecule has 1 aromatic carbocycles. The van der Waals surface area contributed by atoms with Crippen LogP contribution in [0.4, 0.5) is 0 Å². The van der Waals surface area contributed by atoms with Crippen LogP contribution in [-0.4, -0.2) is 78.6 Å². The summed E-state index contributed by atoms with van der Waals surface area (Å²) in [7, 11) is 0. The molecule has 158 valence electrons. The smallest absolute Gasteiger partial charge is 0.230 e. The number of nitrogens with zero attached hydrogens (tertiary/aromatic N) is 2. The van der Waals surface area contributed by atoms with Gasteiger partial charge in [-0.1, -0.05) is 30.4 Å². The fourth-order valence-electron chi connectivity index (χ4n) is 5.04. The molecule has 3 saturated heterocycles. The van der Waals surface area contributed by atoms with Crippen molar-refractivity contribution in [1.82, 2.24) is 15.1 Å². The van der Waals surface area contributed by atoms with E-state index in [-0.39, 0.29) is 30.2 Å². The summed E-state index contributed by atoms with van der Waals surface area (Å²) in [5, 5.41) is 2.78. The zero-order valence-corrected chi connectivity index (χ0v) is 16.7. The van der Waals surface area contributed by atoms with Crippen LogP contribution in [0.25, 0.3) is 0 Å². The second-order valence-electron chi connectivity index (χ2n) is 8.25. The lowest BCUT2D eigenvalue weighted by atomic mass is 9.76. The van der Waals surface area contributed by atoms with Gasteiger partial charge in [0.15, 0.2) is 0 Å². The van der Waals surface area contributed by atoms with E-state index in [4.69, 9.17) is 9.47 Å². The topological polar surface area (TPSA) is 88.2 Å². The molecule has 30 heavy (non-hydrogen) atoms. The highest BCUT2D eigenvalue weighted by Gasteiger charge is 2.67. The van der Waals surface area contributed by atoms with Crippen LogP contribution in [0.5, 0.6) is 5.75 Å². The minimum Gasteiger partial charge on any atom is -0.492 e. The molecule has 4 aliphatic heterocycles. The first-order chi connectivity index (χ1) is 14.6. The summed E-state index contributed by atoms with van der Waals surface area (Å²) in [6, 6.07) is 9.48. The normalized spacial score (nSPS) is 32.2. The number of hydrogen-bond acceptors (Lipinski definition) is 5. The third kappa shape index (κ3) is 3.15. The van der Waals surface area contributed by atoms with Gasteiger partial charge in [-0.3, -0.25) is 14.4 Å². The van der Waals surface area contributed by atoms with Crippen molar-refractivity contribution in [2.45, 2.75) is 18.1 Å². The van der Waals surface area contributed by atoms with Crippen molar-refractivity contribution < 1.29 is 23.9 Å². The Bertz CT molecular complexity index is 888. The van der Waals surface area contributed by atoms with Crippen molar-refractivity contribution in [3.05, 3.63) is 42.5 Å². The van der Waals surface area contributed by atoms with Crippen LogP contribution in [0.3, 0.4) is 0 Å². The Balaban J connectivity index is 1.27. The first-order valence-corrected chi connectivity index (χ1v) is 10.5. The van der Waals surface area contributed by atoms with Gasteiger partial charge >= 0.3 is 0 Å². The van der Waals surface area contributed by atoms with Gasteiger partial charge in [-0.2, -0.15) is 0 Å². The lowest BCUT2D eigenvalue weighted by Crippen LogP contribution is -2.47. The van der Waals surface area contributed by atoms with E-state index in [1.54, 1.807) is 9.80 Å². The van der Waals surface area contributed by atoms with Gasteiger partial charge in [0.25, 0.3) is 0 Å². The van der Waals surface area contributed by atoms with E-state index in [9.17, 15) is 14.4 Å². The molecule has 1 aromatic rings. The maximum atomic E-state index is 13.3. The van der Waals surface area contributed by atoms with Gasteiger partial charge < -0.3 is 24.6 Å². The summed E-state index contributed by atoms with van der Waals surface area (Å²) in [4.78, 5) is 41.6. The highest BCUT2D eigenvalue weighted by molar-refractivity contribution is 5.93. The molecule has 3 amide bonds. The molecule has 1 N–H and O–H groups in total. The van der Waals surface area contributed by atoms with Gasteiger partial charge in [-0.25, -0.2) is 0 Å².